The fraction of sp³-hybridized carbons (Fsp3) is 0.562. The molecule has 3 atom stereocenters. The number of fused-ring (bicyclic) bond motifs is 2. The zero-order valence-corrected chi connectivity index (χ0v) is 11.6. The van der Waals surface area contributed by atoms with Gasteiger partial charge in [0.2, 0.25) is 0 Å². The quantitative estimate of drug-likeness (QED) is 0.779. The first-order valence-electron chi connectivity index (χ1n) is 7.11. The summed E-state index contributed by atoms with van der Waals surface area (Å²) < 4.78 is 5.41. The van der Waals surface area contributed by atoms with Gasteiger partial charge in [0.15, 0.2) is 0 Å². The van der Waals surface area contributed by atoms with Gasteiger partial charge in [-0.1, -0.05) is 30.3 Å². The van der Waals surface area contributed by atoms with E-state index >= 15 is 0 Å². The lowest BCUT2D eigenvalue weighted by Crippen LogP contribution is -2.48. The Balaban J connectivity index is 2.01. The molecule has 102 valence electrons. The van der Waals surface area contributed by atoms with Crippen molar-refractivity contribution in [2.45, 2.75) is 31.2 Å². The van der Waals surface area contributed by atoms with Gasteiger partial charge >= 0.3 is 5.97 Å². The zero-order chi connectivity index (χ0) is 13.5. The van der Waals surface area contributed by atoms with E-state index in [9.17, 15) is 4.79 Å². The Labute approximate surface area is 114 Å². The molecule has 2 aliphatic rings. The first-order valence-corrected chi connectivity index (χ1v) is 7.11. The average Bonchev–Trinajstić information content (AvgIpc) is 2.97. The number of rotatable bonds is 3. The third-order valence-electron chi connectivity index (χ3n) is 4.87. The normalized spacial score (nSPS) is 33.6. The van der Waals surface area contributed by atoms with E-state index in [0.717, 1.165) is 24.9 Å². The number of benzene rings is 1. The second-order valence-corrected chi connectivity index (χ2v) is 5.79. The van der Waals surface area contributed by atoms with Crippen molar-refractivity contribution in [1.29, 1.82) is 0 Å². The molecule has 0 unspecified atom stereocenters. The second-order valence-electron chi connectivity index (χ2n) is 5.79. The molecule has 1 saturated carbocycles. The fourth-order valence-electron chi connectivity index (χ4n) is 3.93. The van der Waals surface area contributed by atoms with Gasteiger partial charge in [0, 0.05) is 12.6 Å². The largest absolute Gasteiger partial charge is 0.465 e. The molecule has 1 aliphatic carbocycles. The molecular formula is C16H21NO2. The van der Waals surface area contributed by atoms with Crippen molar-refractivity contribution >= 4 is 5.97 Å². The standard InChI is InChI=1S/C16H21NO2/c1-3-19-15(18)16(12-7-5-4-6-8-12)10-14-9-13(16)11-17(14)2/h4-8,13-14H,3,9-11H2,1-2H3/t13-,14-,16+/m0/s1. The van der Waals surface area contributed by atoms with Crippen LogP contribution in [0, 0.1) is 5.92 Å². The molecule has 1 aromatic carbocycles. The Morgan fingerprint density at radius 3 is 2.68 bits per heavy atom. The lowest BCUT2D eigenvalue weighted by molar-refractivity contribution is -0.153. The van der Waals surface area contributed by atoms with E-state index in [4.69, 9.17) is 4.74 Å². The van der Waals surface area contributed by atoms with Gasteiger partial charge in [0.25, 0.3) is 0 Å². The molecule has 0 amide bonds. The van der Waals surface area contributed by atoms with Gasteiger partial charge in [-0.15, -0.1) is 0 Å². The molecule has 0 aromatic heterocycles. The molecule has 19 heavy (non-hydrogen) atoms. The summed E-state index contributed by atoms with van der Waals surface area (Å²) in [5.41, 5.74) is 0.725. The van der Waals surface area contributed by atoms with Crippen LogP contribution in [0.25, 0.3) is 0 Å². The molecule has 0 radical (unpaired) electrons. The first-order chi connectivity index (χ1) is 9.18. The highest BCUT2D eigenvalue weighted by Crippen LogP contribution is 2.52. The maximum atomic E-state index is 12.6. The number of hydrogen-bond acceptors (Lipinski definition) is 3. The third-order valence-corrected chi connectivity index (χ3v) is 4.87. The number of piperidine rings is 1. The summed E-state index contributed by atoms with van der Waals surface area (Å²) in [6.07, 6.45) is 2.02. The number of carbonyl (C=O) groups excluding carboxylic acids is 1. The van der Waals surface area contributed by atoms with Gasteiger partial charge < -0.3 is 9.64 Å². The highest BCUT2D eigenvalue weighted by molar-refractivity contribution is 5.84. The molecule has 2 fully saturated rings. The van der Waals surface area contributed by atoms with Crippen LogP contribution in [0.5, 0.6) is 0 Å². The van der Waals surface area contributed by atoms with E-state index in [1.165, 1.54) is 0 Å². The van der Waals surface area contributed by atoms with Crippen LogP contribution in [0.2, 0.25) is 0 Å². The maximum absolute atomic E-state index is 12.6. The SMILES string of the molecule is CCOC(=O)[C@@]1(c2ccccc2)C[C@@H]2C[C@H]1CN2C. The van der Waals surface area contributed by atoms with Crippen molar-refractivity contribution in [3.63, 3.8) is 0 Å². The Morgan fingerprint density at radius 1 is 1.42 bits per heavy atom. The Bertz CT molecular complexity index is 471. The molecule has 1 aliphatic heterocycles. The minimum atomic E-state index is -0.408. The summed E-state index contributed by atoms with van der Waals surface area (Å²) in [6.45, 7) is 3.34. The second kappa shape index (κ2) is 4.64. The fourth-order valence-corrected chi connectivity index (χ4v) is 3.93. The summed E-state index contributed by atoms with van der Waals surface area (Å²) >= 11 is 0. The van der Waals surface area contributed by atoms with Gasteiger partial charge in [-0.3, -0.25) is 4.79 Å². The molecule has 0 N–H and O–H groups in total. The Hall–Kier alpha value is -1.35. The molecule has 2 bridgehead atoms. The number of esters is 1. The highest BCUT2D eigenvalue weighted by atomic mass is 16.5. The summed E-state index contributed by atoms with van der Waals surface area (Å²) in [5.74, 6) is 0.366. The summed E-state index contributed by atoms with van der Waals surface area (Å²) in [4.78, 5) is 15.0. The summed E-state index contributed by atoms with van der Waals surface area (Å²) in [7, 11) is 2.16. The number of ether oxygens (including phenoxy) is 1. The van der Waals surface area contributed by atoms with Crippen LogP contribution >= 0.6 is 0 Å². The highest BCUT2D eigenvalue weighted by Gasteiger charge is 2.59. The van der Waals surface area contributed by atoms with Crippen LogP contribution in [0.1, 0.15) is 25.3 Å². The molecule has 3 nitrogen and oxygen atoms in total. The maximum Gasteiger partial charge on any atom is 0.316 e. The van der Waals surface area contributed by atoms with Gasteiger partial charge in [-0.05, 0) is 38.3 Å². The molecule has 0 spiro atoms. The minimum absolute atomic E-state index is 0.0261. The van der Waals surface area contributed by atoms with Gasteiger partial charge in [-0.25, -0.2) is 0 Å². The molecule has 1 heterocycles. The summed E-state index contributed by atoms with van der Waals surface area (Å²) in [5, 5.41) is 0. The average molecular weight is 259 g/mol. The van der Waals surface area contributed by atoms with E-state index in [0.29, 0.717) is 18.6 Å². The van der Waals surface area contributed by atoms with E-state index < -0.39 is 5.41 Å². The first kappa shape index (κ1) is 12.7. The topological polar surface area (TPSA) is 29.5 Å². The van der Waals surface area contributed by atoms with Crippen LogP contribution in [0.15, 0.2) is 30.3 Å². The number of carbonyl (C=O) groups is 1. The predicted octanol–water partition coefficient (Wildman–Crippen LogP) is 2.21. The van der Waals surface area contributed by atoms with E-state index in [1.54, 1.807) is 0 Å². The minimum Gasteiger partial charge on any atom is -0.465 e. The van der Waals surface area contributed by atoms with E-state index in [1.807, 2.05) is 25.1 Å². The lowest BCUT2D eigenvalue weighted by atomic mass is 9.71. The molecule has 3 heteroatoms. The Kier molecular flexibility index (Phi) is 3.09. The molecule has 3 rings (SSSR count). The van der Waals surface area contributed by atoms with E-state index in [-0.39, 0.29) is 5.97 Å². The smallest absolute Gasteiger partial charge is 0.316 e. The third kappa shape index (κ3) is 1.79. The van der Waals surface area contributed by atoms with Crippen LogP contribution in [-0.2, 0) is 14.9 Å². The molecule has 1 saturated heterocycles. The van der Waals surface area contributed by atoms with Gasteiger partial charge in [0.05, 0.1) is 12.0 Å². The van der Waals surface area contributed by atoms with Crippen molar-refractivity contribution in [2.75, 3.05) is 20.2 Å². The van der Waals surface area contributed by atoms with Crippen molar-refractivity contribution in [3.8, 4) is 0 Å². The van der Waals surface area contributed by atoms with Gasteiger partial charge in [-0.2, -0.15) is 0 Å². The monoisotopic (exact) mass is 259 g/mol. The number of likely N-dealkylation sites (tertiary alicyclic amines) is 1. The van der Waals surface area contributed by atoms with Crippen LogP contribution in [-0.4, -0.2) is 37.1 Å². The Morgan fingerprint density at radius 2 is 2.16 bits per heavy atom. The zero-order valence-electron chi connectivity index (χ0n) is 11.6. The van der Waals surface area contributed by atoms with Crippen molar-refractivity contribution in [3.05, 3.63) is 35.9 Å². The lowest BCUT2D eigenvalue weighted by Gasteiger charge is -2.38. The molecular weight excluding hydrogens is 238 g/mol. The molecule has 1 aromatic rings. The van der Waals surface area contributed by atoms with Crippen molar-refractivity contribution < 1.29 is 9.53 Å². The predicted molar refractivity (Wildman–Crippen MR) is 73.9 cm³/mol. The van der Waals surface area contributed by atoms with Crippen LogP contribution in [0.3, 0.4) is 0 Å². The number of nitrogens with zero attached hydrogens (tertiary/aromatic N) is 1. The van der Waals surface area contributed by atoms with Gasteiger partial charge in [0.1, 0.15) is 0 Å². The van der Waals surface area contributed by atoms with Crippen molar-refractivity contribution in [2.24, 2.45) is 5.92 Å². The number of hydrogen-bond donors (Lipinski definition) is 0. The summed E-state index contributed by atoms with van der Waals surface area (Å²) in [6, 6.07) is 10.7. The van der Waals surface area contributed by atoms with Crippen molar-refractivity contribution in [1.82, 2.24) is 4.90 Å². The van der Waals surface area contributed by atoms with Crippen LogP contribution < -0.4 is 0 Å². The van der Waals surface area contributed by atoms with Crippen LogP contribution in [0.4, 0.5) is 0 Å². The van der Waals surface area contributed by atoms with E-state index in [2.05, 4.69) is 24.1 Å².